The quantitative estimate of drug-likeness (QED) is 0.685. The minimum Gasteiger partial charge on any atom is -0.482 e. The van der Waals surface area contributed by atoms with Crippen molar-refractivity contribution in [2.45, 2.75) is 33.8 Å². The van der Waals surface area contributed by atoms with E-state index in [4.69, 9.17) is 10.5 Å². The van der Waals surface area contributed by atoms with Gasteiger partial charge in [0.25, 0.3) is 0 Å². The lowest BCUT2D eigenvalue weighted by Gasteiger charge is -2.16. The van der Waals surface area contributed by atoms with Gasteiger partial charge in [-0.2, -0.15) is 0 Å². The Morgan fingerprint density at radius 1 is 1.05 bits per heavy atom. The van der Waals surface area contributed by atoms with E-state index in [0.29, 0.717) is 11.4 Å². The van der Waals surface area contributed by atoms with Crippen molar-refractivity contribution in [3.63, 3.8) is 0 Å². The van der Waals surface area contributed by atoms with Gasteiger partial charge >= 0.3 is 0 Å². The molecule has 0 saturated carbocycles. The smallest absolute Gasteiger partial charge is 0.203 e. The first-order valence-electron chi connectivity index (χ1n) is 7.02. The number of ketones is 1. The summed E-state index contributed by atoms with van der Waals surface area (Å²) in [5, 5.41) is 0. The molecule has 3 nitrogen and oxygen atoms in total. The van der Waals surface area contributed by atoms with E-state index >= 15 is 0 Å². The molecule has 0 heterocycles. The number of Topliss-reactive ketones (excluding diaryl/α,β-unsaturated/α-hetero) is 1. The summed E-state index contributed by atoms with van der Waals surface area (Å²) >= 11 is 0. The average Bonchev–Trinajstić information content (AvgIpc) is 2.42. The number of carbonyl (C=O) groups is 1. The molecule has 0 aliphatic carbocycles. The number of benzene rings is 2. The Kier molecular flexibility index (Phi) is 4.32. The summed E-state index contributed by atoms with van der Waals surface area (Å²) in [4.78, 5) is 12.6. The Morgan fingerprint density at radius 3 is 2.38 bits per heavy atom. The van der Waals surface area contributed by atoms with Gasteiger partial charge in [-0.15, -0.1) is 0 Å². The summed E-state index contributed by atoms with van der Waals surface area (Å²) in [6.45, 7) is 7.77. The van der Waals surface area contributed by atoms with Crippen molar-refractivity contribution >= 4 is 11.5 Å². The largest absolute Gasteiger partial charge is 0.482 e. The number of aryl methyl sites for hydroxylation is 3. The second kappa shape index (κ2) is 6.00. The highest BCUT2D eigenvalue weighted by Gasteiger charge is 2.19. The molecular formula is C18H21NO2. The second-order valence-corrected chi connectivity index (χ2v) is 5.45. The molecule has 0 saturated heterocycles. The van der Waals surface area contributed by atoms with Crippen LogP contribution in [0, 0.1) is 20.8 Å². The van der Waals surface area contributed by atoms with Crippen LogP contribution in [0.25, 0.3) is 0 Å². The fourth-order valence-electron chi connectivity index (χ4n) is 2.29. The molecule has 2 aromatic rings. The topological polar surface area (TPSA) is 52.3 Å². The van der Waals surface area contributed by atoms with Crippen LogP contribution in [0.5, 0.6) is 5.75 Å². The minimum atomic E-state index is -0.549. The zero-order valence-corrected chi connectivity index (χ0v) is 12.9. The van der Waals surface area contributed by atoms with E-state index in [1.54, 1.807) is 25.1 Å². The van der Waals surface area contributed by atoms with E-state index in [-0.39, 0.29) is 5.78 Å². The summed E-state index contributed by atoms with van der Waals surface area (Å²) < 4.78 is 5.71. The van der Waals surface area contributed by atoms with Gasteiger partial charge in [0.15, 0.2) is 6.10 Å². The summed E-state index contributed by atoms with van der Waals surface area (Å²) in [5.41, 5.74) is 10.3. The molecule has 2 aromatic carbocycles. The van der Waals surface area contributed by atoms with Crippen LogP contribution >= 0.6 is 0 Å². The zero-order chi connectivity index (χ0) is 15.6. The number of hydrogen-bond acceptors (Lipinski definition) is 3. The normalized spacial score (nSPS) is 12.0. The van der Waals surface area contributed by atoms with Crippen molar-refractivity contribution in [3.8, 4) is 5.75 Å². The Hall–Kier alpha value is -2.29. The SMILES string of the molecule is Cc1cc(C)c(C(=O)C(C)Oc2cccc(N)c2)cc1C. The first-order chi connectivity index (χ1) is 9.88. The van der Waals surface area contributed by atoms with E-state index in [1.807, 2.05) is 39.0 Å². The number of nitrogen functional groups attached to an aromatic ring is 1. The van der Waals surface area contributed by atoms with Crippen molar-refractivity contribution in [2.24, 2.45) is 0 Å². The highest BCUT2D eigenvalue weighted by molar-refractivity contribution is 6.00. The van der Waals surface area contributed by atoms with E-state index in [0.717, 1.165) is 16.7 Å². The van der Waals surface area contributed by atoms with Crippen LogP contribution in [-0.4, -0.2) is 11.9 Å². The Balaban J connectivity index is 2.22. The number of hydrogen-bond donors (Lipinski definition) is 1. The van der Waals surface area contributed by atoms with Gasteiger partial charge in [-0.3, -0.25) is 4.79 Å². The molecule has 0 amide bonds. The summed E-state index contributed by atoms with van der Waals surface area (Å²) in [7, 11) is 0. The summed E-state index contributed by atoms with van der Waals surface area (Å²) in [5.74, 6) is 0.593. The van der Waals surface area contributed by atoms with Gasteiger partial charge in [0.05, 0.1) is 0 Å². The van der Waals surface area contributed by atoms with E-state index in [2.05, 4.69) is 0 Å². The molecule has 0 radical (unpaired) electrons. The lowest BCUT2D eigenvalue weighted by Crippen LogP contribution is -2.24. The Labute approximate surface area is 125 Å². The lowest BCUT2D eigenvalue weighted by atomic mass is 9.96. The van der Waals surface area contributed by atoms with Gasteiger partial charge in [-0.1, -0.05) is 12.1 Å². The molecule has 0 bridgehead atoms. The number of rotatable bonds is 4. The summed E-state index contributed by atoms with van der Waals surface area (Å²) in [6, 6.07) is 11.1. The standard InChI is InChI=1S/C18H21NO2/c1-11-8-13(3)17(9-12(11)2)18(20)14(4)21-16-7-5-6-15(19)10-16/h5-10,14H,19H2,1-4H3. The second-order valence-electron chi connectivity index (χ2n) is 5.45. The van der Waals surface area contributed by atoms with Crippen LogP contribution in [0.2, 0.25) is 0 Å². The van der Waals surface area contributed by atoms with Crippen LogP contribution in [-0.2, 0) is 0 Å². The van der Waals surface area contributed by atoms with E-state index in [9.17, 15) is 4.79 Å². The third-order valence-corrected chi connectivity index (χ3v) is 3.65. The summed E-state index contributed by atoms with van der Waals surface area (Å²) in [6.07, 6.45) is -0.549. The van der Waals surface area contributed by atoms with Crippen LogP contribution in [0.4, 0.5) is 5.69 Å². The van der Waals surface area contributed by atoms with Gasteiger partial charge in [0, 0.05) is 17.3 Å². The van der Waals surface area contributed by atoms with Crippen molar-refractivity contribution < 1.29 is 9.53 Å². The first-order valence-corrected chi connectivity index (χ1v) is 7.02. The maximum Gasteiger partial charge on any atom is 0.203 e. The molecule has 1 atom stereocenters. The molecule has 0 spiro atoms. The maximum absolute atomic E-state index is 12.6. The van der Waals surface area contributed by atoms with Crippen LogP contribution in [0.15, 0.2) is 36.4 Å². The molecule has 0 aliphatic rings. The number of carbonyl (C=O) groups excluding carboxylic acids is 1. The number of nitrogens with two attached hydrogens (primary N) is 1. The Bertz CT molecular complexity index is 677. The van der Waals surface area contributed by atoms with Crippen molar-refractivity contribution in [3.05, 3.63) is 58.7 Å². The molecule has 1 unspecified atom stereocenters. The highest BCUT2D eigenvalue weighted by Crippen LogP contribution is 2.20. The predicted octanol–water partition coefficient (Wildman–Crippen LogP) is 3.84. The number of ether oxygens (including phenoxy) is 1. The molecule has 2 rings (SSSR count). The lowest BCUT2D eigenvalue weighted by molar-refractivity contribution is 0.0817. The van der Waals surface area contributed by atoms with Crippen molar-refractivity contribution in [1.29, 1.82) is 0 Å². The maximum atomic E-state index is 12.6. The van der Waals surface area contributed by atoms with Crippen molar-refractivity contribution in [2.75, 3.05) is 5.73 Å². The third kappa shape index (κ3) is 3.43. The van der Waals surface area contributed by atoms with E-state index in [1.165, 1.54) is 5.56 Å². The van der Waals surface area contributed by atoms with Crippen LogP contribution in [0.3, 0.4) is 0 Å². The fraction of sp³-hybridized carbons (Fsp3) is 0.278. The van der Waals surface area contributed by atoms with E-state index < -0.39 is 6.10 Å². The zero-order valence-electron chi connectivity index (χ0n) is 12.9. The predicted molar refractivity (Wildman–Crippen MR) is 85.9 cm³/mol. The molecule has 0 fully saturated rings. The van der Waals surface area contributed by atoms with Crippen LogP contribution in [0.1, 0.15) is 34.0 Å². The van der Waals surface area contributed by atoms with Gasteiger partial charge in [-0.25, -0.2) is 0 Å². The molecule has 2 N–H and O–H groups in total. The van der Waals surface area contributed by atoms with Gasteiger partial charge in [0.2, 0.25) is 5.78 Å². The molecule has 0 aromatic heterocycles. The fourth-order valence-corrected chi connectivity index (χ4v) is 2.29. The average molecular weight is 283 g/mol. The van der Waals surface area contributed by atoms with Gasteiger partial charge < -0.3 is 10.5 Å². The minimum absolute atomic E-state index is 0.0157. The van der Waals surface area contributed by atoms with Gasteiger partial charge in [-0.05, 0) is 62.6 Å². The van der Waals surface area contributed by atoms with Gasteiger partial charge in [0.1, 0.15) is 5.75 Å². The molecule has 110 valence electrons. The molecule has 3 heteroatoms. The Morgan fingerprint density at radius 2 is 1.71 bits per heavy atom. The third-order valence-electron chi connectivity index (χ3n) is 3.65. The first kappa shape index (κ1) is 15.1. The number of anilines is 1. The molecule has 0 aliphatic heterocycles. The highest BCUT2D eigenvalue weighted by atomic mass is 16.5. The monoisotopic (exact) mass is 283 g/mol. The molecular weight excluding hydrogens is 262 g/mol. The molecule has 21 heavy (non-hydrogen) atoms. The van der Waals surface area contributed by atoms with Crippen molar-refractivity contribution in [1.82, 2.24) is 0 Å². The van der Waals surface area contributed by atoms with Crippen LogP contribution < -0.4 is 10.5 Å².